The zero-order valence-corrected chi connectivity index (χ0v) is 17.2. The van der Waals surface area contributed by atoms with Gasteiger partial charge in [-0.05, 0) is 49.1 Å². The summed E-state index contributed by atoms with van der Waals surface area (Å²) in [5, 5.41) is 2.91. The number of para-hydroxylation sites is 1. The van der Waals surface area contributed by atoms with E-state index in [1.54, 1.807) is 4.90 Å². The Morgan fingerprint density at radius 1 is 1.24 bits per heavy atom. The van der Waals surface area contributed by atoms with Crippen LogP contribution in [0.3, 0.4) is 0 Å². The number of nitrogens with one attached hydrogen (secondary N) is 1. The van der Waals surface area contributed by atoms with Crippen LogP contribution in [0.15, 0.2) is 58.3 Å². The van der Waals surface area contributed by atoms with E-state index in [-0.39, 0.29) is 24.5 Å². The minimum Gasteiger partial charge on any atom is -0.376 e. The number of aryl methyl sites for hydroxylation is 1. The number of benzene rings is 2. The Balaban J connectivity index is 1.55. The third kappa shape index (κ3) is 4.54. The van der Waals surface area contributed by atoms with Crippen molar-refractivity contribution in [1.29, 1.82) is 0 Å². The molecule has 2 aromatic carbocycles. The topological polar surface area (TPSA) is 58.6 Å². The van der Waals surface area contributed by atoms with Crippen LogP contribution in [0.4, 0.5) is 5.69 Å². The number of amides is 2. The molecular weight excluding hydrogens is 384 g/mol. The van der Waals surface area contributed by atoms with Gasteiger partial charge in [-0.3, -0.25) is 14.5 Å². The maximum absolute atomic E-state index is 13.2. The van der Waals surface area contributed by atoms with Gasteiger partial charge in [0.05, 0.1) is 16.7 Å². The molecule has 4 rings (SSSR count). The number of carbonyl (C=O) groups excluding carboxylic acids is 2. The minimum atomic E-state index is -0.175. The molecule has 2 amide bonds. The predicted molar refractivity (Wildman–Crippen MR) is 116 cm³/mol. The second-order valence-corrected chi connectivity index (χ2v) is 8.35. The lowest BCUT2D eigenvalue weighted by Crippen LogP contribution is -2.44. The summed E-state index contributed by atoms with van der Waals surface area (Å²) in [4.78, 5) is 28.9. The fourth-order valence-corrected chi connectivity index (χ4v) is 4.59. The second-order valence-electron chi connectivity index (χ2n) is 7.27. The molecule has 2 aromatic rings. The van der Waals surface area contributed by atoms with Gasteiger partial charge < -0.3 is 10.1 Å². The Labute approximate surface area is 175 Å². The van der Waals surface area contributed by atoms with E-state index >= 15 is 0 Å². The van der Waals surface area contributed by atoms with Crippen LogP contribution in [0.25, 0.3) is 6.08 Å². The van der Waals surface area contributed by atoms with Gasteiger partial charge in [0.2, 0.25) is 5.91 Å². The lowest BCUT2D eigenvalue weighted by Gasteiger charge is -2.30. The summed E-state index contributed by atoms with van der Waals surface area (Å²) in [6, 6.07) is 15.7. The van der Waals surface area contributed by atoms with Crippen LogP contribution in [0.2, 0.25) is 0 Å². The molecule has 2 aliphatic heterocycles. The van der Waals surface area contributed by atoms with Crippen LogP contribution in [0.5, 0.6) is 0 Å². The van der Waals surface area contributed by atoms with Crippen molar-refractivity contribution >= 4 is 35.3 Å². The first-order valence-corrected chi connectivity index (χ1v) is 10.7. The van der Waals surface area contributed by atoms with Crippen LogP contribution in [-0.4, -0.2) is 37.6 Å². The van der Waals surface area contributed by atoms with Crippen molar-refractivity contribution in [2.24, 2.45) is 0 Å². The number of hydrogen-bond acceptors (Lipinski definition) is 4. The molecule has 5 nitrogen and oxygen atoms in total. The zero-order chi connectivity index (χ0) is 20.2. The number of hydrogen-bond donors (Lipinski definition) is 1. The number of carbonyl (C=O) groups is 2. The Morgan fingerprint density at radius 2 is 2.03 bits per heavy atom. The molecule has 1 saturated heterocycles. The summed E-state index contributed by atoms with van der Waals surface area (Å²) >= 11 is 1.45. The van der Waals surface area contributed by atoms with Gasteiger partial charge in [-0.1, -0.05) is 48.2 Å². The van der Waals surface area contributed by atoms with Gasteiger partial charge >= 0.3 is 0 Å². The molecule has 1 atom stereocenters. The molecule has 0 bridgehead atoms. The Kier molecular flexibility index (Phi) is 6.02. The van der Waals surface area contributed by atoms with Crippen LogP contribution >= 0.6 is 11.8 Å². The molecular formula is C23H24N2O3S. The van der Waals surface area contributed by atoms with Gasteiger partial charge in [-0.25, -0.2) is 0 Å². The predicted octanol–water partition coefficient (Wildman–Crippen LogP) is 3.77. The van der Waals surface area contributed by atoms with E-state index in [9.17, 15) is 9.59 Å². The summed E-state index contributed by atoms with van der Waals surface area (Å²) in [7, 11) is 0. The highest BCUT2D eigenvalue weighted by atomic mass is 32.2. The van der Waals surface area contributed by atoms with E-state index in [0.717, 1.165) is 41.2 Å². The SMILES string of the molecule is Cc1ccccc1/C=C1\Sc2ccccc2N(CC(=O)NC[C@@H]2CCCO2)C1=O. The van der Waals surface area contributed by atoms with E-state index in [4.69, 9.17) is 4.74 Å². The summed E-state index contributed by atoms with van der Waals surface area (Å²) in [5.41, 5.74) is 2.88. The fourth-order valence-electron chi connectivity index (χ4n) is 3.54. The van der Waals surface area contributed by atoms with Gasteiger partial charge in [0.1, 0.15) is 6.54 Å². The zero-order valence-electron chi connectivity index (χ0n) is 16.4. The molecule has 2 aliphatic rings. The quantitative estimate of drug-likeness (QED) is 0.765. The van der Waals surface area contributed by atoms with E-state index < -0.39 is 0 Å². The Bertz CT molecular complexity index is 951. The Hall–Kier alpha value is -2.57. The smallest absolute Gasteiger partial charge is 0.265 e. The third-order valence-electron chi connectivity index (χ3n) is 5.16. The number of nitrogens with zero attached hydrogens (tertiary/aromatic N) is 1. The molecule has 150 valence electrons. The van der Waals surface area contributed by atoms with Crippen LogP contribution in [-0.2, 0) is 14.3 Å². The second kappa shape index (κ2) is 8.84. The normalized spacial score (nSPS) is 20.0. The van der Waals surface area contributed by atoms with Gasteiger partial charge in [0, 0.05) is 18.0 Å². The van der Waals surface area contributed by atoms with Crippen molar-refractivity contribution < 1.29 is 14.3 Å². The van der Waals surface area contributed by atoms with E-state index in [1.165, 1.54) is 11.8 Å². The number of thioether (sulfide) groups is 1. The molecule has 1 N–H and O–H groups in total. The van der Waals surface area contributed by atoms with Crippen molar-refractivity contribution in [3.63, 3.8) is 0 Å². The summed E-state index contributed by atoms with van der Waals surface area (Å²) in [6.45, 7) is 3.26. The lowest BCUT2D eigenvalue weighted by atomic mass is 10.1. The van der Waals surface area contributed by atoms with E-state index in [2.05, 4.69) is 5.32 Å². The van der Waals surface area contributed by atoms with Crippen molar-refractivity contribution in [2.45, 2.75) is 30.8 Å². The molecule has 0 radical (unpaired) electrons. The molecule has 0 aromatic heterocycles. The third-order valence-corrected chi connectivity index (χ3v) is 6.24. The van der Waals surface area contributed by atoms with E-state index in [1.807, 2.05) is 61.5 Å². The average Bonchev–Trinajstić information content (AvgIpc) is 3.25. The van der Waals surface area contributed by atoms with Crippen LogP contribution < -0.4 is 10.2 Å². The lowest BCUT2D eigenvalue weighted by molar-refractivity contribution is -0.122. The fraction of sp³-hybridized carbons (Fsp3) is 0.304. The molecule has 0 saturated carbocycles. The van der Waals surface area contributed by atoms with E-state index in [0.29, 0.717) is 11.4 Å². The molecule has 0 aliphatic carbocycles. The molecule has 0 spiro atoms. The highest BCUT2D eigenvalue weighted by molar-refractivity contribution is 8.04. The largest absolute Gasteiger partial charge is 0.376 e. The van der Waals surface area contributed by atoms with Crippen molar-refractivity contribution in [1.82, 2.24) is 5.32 Å². The monoisotopic (exact) mass is 408 g/mol. The summed E-state index contributed by atoms with van der Waals surface area (Å²) in [6.07, 6.45) is 3.99. The first-order chi connectivity index (χ1) is 14.1. The molecule has 1 fully saturated rings. The van der Waals surface area contributed by atoms with Crippen molar-refractivity contribution in [3.8, 4) is 0 Å². The molecule has 0 unspecified atom stereocenters. The molecule has 2 heterocycles. The van der Waals surface area contributed by atoms with Gasteiger partial charge in [-0.15, -0.1) is 0 Å². The standard InChI is InChI=1S/C23H24N2O3S/c1-16-7-2-3-8-17(16)13-21-23(27)25(19-10-4-5-11-20(19)29-21)15-22(26)24-14-18-9-6-12-28-18/h2-5,7-8,10-11,13,18H,6,9,12,14-15H2,1H3,(H,24,26)/b21-13-/t18-/m0/s1. The number of ether oxygens (including phenoxy) is 1. The molecule has 6 heteroatoms. The highest BCUT2D eigenvalue weighted by Crippen LogP contribution is 2.42. The van der Waals surface area contributed by atoms with Gasteiger partial charge in [0.25, 0.3) is 5.91 Å². The first-order valence-electron chi connectivity index (χ1n) is 9.86. The van der Waals surface area contributed by atoms with Crippen molar-refractivity contribution in [2.75, 3.05) is 24.6 Å². The maximum Gasteiger partial charge on any atom is 0.265 e. The average molecular weight is 409 g/mol. The van der Waals surface area contributed by atoms with Gasteiger partial charge in [-0.2, -0.15) is 0 Å². The number of anilines is 1. The molecule has 29 heavy (non-hydrogen) atoms. The maximum atomic E-state index is 13.2. The van der Waals surface area contributed by atoms with Crippen LogP contribution in [0, 0.1) is 6.92 Å². The summed E-state index contributed by atoms with van der Waals surface area (Å²) in [5.74, 6) is -0.324. The summed E-state index contributed by atoms with van der Waals surface area (Å²) < 4.78 is 5.56. The highest BCUT2D eigenvalue weighted by Gasteiger charge is 2.30. The Morgan fingerprint density at radius 3 is 2.83 bits per heavy atom. The van der Waals surface area contributed by atoms with Gasteiger partial charge in [0.15, 0.2) is 0 Å². The minimum absolute atomic E-state index is 0.00572. The first kappa shape index (κ1) is 19.7. The number of fused-ring (bicyclic) bond motifs is 1. The van der Waals surface area contributed by atoms with Crippen LogP contribution in [0.1, 0.15) is 24.0 Å². The number of rotatable bonds is 5. The van der Waals surface area contributed by atoms with Crippen molar-refractivity contribution in [3.05, 3.63) is 64.6 Å².